The van der Waals surface area contributed by atoms with Crippen molar-refractivity contribution in [2.75, 3.05) is 13.1 Å². The van der Waals surface area contributed by atoms with Crippen molar-refractivity contribution in [3.8, 4) is 23.3 Å². The Kier molecular flexibility index (Phi) is 12.3. The first-order valence-electron chi connectivity index (χ1n) is 17.9. The number of hydrogen-bond acceptors (Lipinski definition) is 8. The van der Waals surface area contributed by atoms with E-state index in [9.17, 15) is 20.1 Å². The second kappa shape index (κ2) is 16.4. The fourth-order valence-electron chi connectivity index (χ4n) is 7.96. The van der Waals surface area contributed by atoms with Gasteiger partial charge in [0.05, 0.1) is 24.2 Å². The Hall–Kier alpha value is -3.00. The number of hydrogen-bond donors (Lipinski definition) is 6. The zero-order valence-corrected chi connectivity index (χ0v) is 28.3. The van der Waals surface area contributed by atoms with Crippen LogP contribution in [0.5, 0.6) is 11.5 Å². The largest absolute Gasteiger partial charge is 0.504 e. The third-order valence-electron chi connectivity index (χ3n) is 10.8. The molecule has 0 amide bonds. The van der Waals surface area contributed by atoms with Crippen LogP contribution in [0.1, 0.15) is 103 Å². The number of aliphatic hydroxyl groups excluding tert-OH is 2. The molecule has 8 atom stereocenters. The second-order valence-electron chi connectivity index (χ2n) is 14.5. The summed E-state index contributed by atoms with van der Waals surface area (Å²) in [4.78, 5) is 17.2. The average Bonchev–Trinajstić information content (AvgIpc) is 3.04. The lowest BCUT2D eigenvalue weighted by Crippen LogP contribution is -2.43. The summed E-state index contributed by atoms with van der Waals surface area (Å²) in [6, 6.07) is 6.04. The highest BCUT2D eigenvalue weighted by molar-refractivity contribution is 5.78. The van der Waals surface area contributed by atoms with Crippen LogP contribution in [0, 0.1) is 29.1 Å². The Labute approximate surface area is 280 Å². The van der Waals surface area contributed by atoms with E-state index in [1.54, 1.807) is 13.0 Å². The number of esters is 1. The number of nitrogens with one attached hydrogen (secondary N) is 2. The van der Waals surface area contributed by atoms with Gasteiger partial charge < -0.3 is 41.2 Å². The molecular weight excluding hydrogens is 596 g/mol. The third-order valence-corrected chi connectivity index (χ3v) is 10.8. The van der Waals surface area contributed by atoms with Gasteiger partial charge in [0.15, 0.2) is 17.5 Å². The molecule has 0 unspecified atom stereocenters. The number of carbonyl (C=O) groups excluding carboxylic acids is 1. The minimum Gasteiger partial charge on any atom is -0.504 e. The van der Waals surface area contributed by atoms with Crippen molar-refractivity contribution < 1.29 is 29.6 Å². The number of phenols is 1. The molecule has 1 saturated carbocycles. The van der Waals surface area contributed by atoms with Crippen molar-refractivity contribution in [1.29, 1.82) is 0 Å². The molecule has 4 aliphatic rings. The van der Waals surface area contributed by atoms with E-state index in [2.05, 4.69) is 22.5 Å². The Morgan fingerprint density at radius 1 is 1.17 bits per heavy atom. The molecule has 10 heteroatoms. The molecule has 47 heavy (non-hydrogen) atoms. The topological polar surface area (TPSA) is 159 Å². The van der Waals surface area contributed by atoms with Gasteiger partial charge in [-0.25, -0.2) is 0 Å². The van der Waals surface area contributed by atoms with Gasteiger partial charge in [-0.05, 0) is 89.0 Å². The van der Waals surface area contributed by atoms with Gasteiger partial charge in [-0.2, -0.15) is 0 Å². The predicted molar refractivity (Wildman–Crippen MR) is 182 cm³/mol. The number of aromatic hydroxyl groups is 1. The van der Waals surface area contributed by atoms with E-state index in [1.807, 2.05) is 12.1 Å². The maximum Gasteiger partial charge on any atom is 0.302 e. The molecule has 0 spiro atoms. The van der Waals surface area contributed by atoms with Crippen LogP contribution >= 0.6 is 0 Å². The first-order chi connectivity index (χ1) is 22.6. The normalized spacial score (nSPS) is 33.1. The Morgan fingerprint density at radius 2 is 1.98 bits per heavy atom. The van der Waals surface area contributed by atoms with E-state index in [1.165, 1.54) is 26.2 Å². The second-order valence-corrected chi connectivity index (χ2v) is 14.5. The van der Waals surface area contributed by atoms with E-state index in [4.69, 9.17) is 20.2 Å². The summed E-state index contributed by atoms with van der Waals surface area (Å²) in [6.45, 7) is 4.23. The van der Waals surface area contributed by atoms with Gasteiger partial charge in [0, 0.05) is 37.3 Å². The lowest BCUT2D eigenvalue weighted by atomic mass is 9.73. The molecule has 2 aliphatic carbocycles. The van der Waals surface area contributed by atoms with Crippen LogP contribution in [0.4, 0.5) is 0 Å². The lowest BCUT2D eigenvalue weighted by molar-refractivity contribution is -0.152. The van der Waals surface area contributed by atoms with Gasteiger partial charge in [-0.1, -0.05) is 43.6 Å². The molecule has 1 aromatic rings. The Balaban J connectivity index is 1.52. The van der Waals surface area contributed by atoms with Crippen LogP contribution in [0.2, 0.25) is 0 Å². The average molecular weight is 653 g/mol. The number of phenolic OH excluding ortho intramolecular Hbond substituents is 1. The summed E-state index contributed by atoms with van der Waals surface area (Å²) in [6.07, 6.45) is 9.52. The predicted octanol–water partition coefficient (Wildman–Crippen LogP) is 3.93. The zero-order valence-electron chi connectivity index (χ0n) is 28.3. The van der Waals surface area contributed by atoms with Crippen molar-refractivity contribution in [2.45, 2.75) is 140 Å². The minimum atomic E-state index is -0.905. The van der Waals surface area contributed by atoms with Crippen LogP contribution in [0.15, 0.2) is 23.2 Å². The van der Waals surface area contributed by atoms with Crippen molar-refractivity contribution in [1.82, 2.24) is 10.6 Å². The number of fused-ring (bicyclic) bond motifs is 5. The van der Waals surface area contributed by atoms with Crippen LogP contribution in [-0.4, -0.2) is 76.8 Å². The van der Waals surface area contributed by atoms with Crippen molar-refractivity contribution >= 4 is 11.9 Å². The molecule has 260 valence electrons. The first-order valence-corrected chi connectivity index (χ1v) is 17.9. The molecule has 2 aliphatic heterocycles. The van der Waals surface area contributed by atoms with Gasteiger partial charge in [0.2, 0.25) is 0 Å². The number of aliphatic imine (C=N–C) groups is 1. The van der Waals surface area contributed by atoms with E-state index in [0.717, 1.165) is 57.1 Å². The van der Waals surface area contributed by atoms with Crippen LogP contribution in [0.25, 0.3) is 0 Å². The standard InChI is InChI=1S/C37H56N4O6/c1-24(42)37(23-40-36(38)41-28-8-4-3-5-9-28)16-13-27-7-6-10-29-21-31(15-18-39-29)47-35-20-26(11-12-33(35)45)19-32(27)34(46-25(2)43)22-30(44)14-17-37/h11-12,20,24,27-32,34,39,42,44-45H,3-10,14-15,17-19,21-23H2,1-2H3,(H3,38,40,41)/t24-,27+,29-,30-,31-,32+,34-,37+/m0/s1. The molecule has 7 N–H and O–H groups in total. The molecule has 2 heterocycles. The third kappa shape index (κ3) is 9.77. The smallest absolute Gasteiger partial charge is 0.302 e. The number of ether oxygens (including phenoxy) is 2. The number of guanidine groups is 1. The van der Waals surface area contributed by atoms with Crippen LogP contribution < -0.4 is 21.1 Å². The van der Waals surface area contributed by atoms with E-state index in [0.29, 0.717) is 37.0 Å². The van der Waals surface area contributed by atoms with E-state index >= 15 is 0 Å². The number of aliphatic hydroxyl groups is 2. The Morgan fingerprint density at radius 3 is 2.74 bits per heavy atom. The van der Waals surface area contributed by atoms with Crippen molar-refractivity contribution in [2.24, 2.45) is 28.0 Å². The van der Waals surface area contributed by atoms with Gasteiger partial charge in [-0.3, -0.25) is 9.79 Å². The molecule has 1 aromatic carbocycles. The van der Waals surface area contributed by atoms with Crippen molar-refractivity contribution in [3.05, 3.63) is 23.8 Å². The molecule has 4 bridgehead atoms. The number of nitrogens with zero attached hydrogens (tertiary/aromatic N) is 1. The summed E-state index contributed by atoms with van der Waals surface area (Å²) in [5.41, 5.74) is 6.41. The number of piperidine rings is 1. The molecular formula is C37H56N4O6. The SMILES string of the molecule is CC(=O)O[C@H]1C[C@@H](O)CC[C@](CN=C(N)NC2CCCCC2)([C@H](C)O)C#C[C@H]2CCC[C@H]3C[C@H](CCN3)Oc3cc(ccc3O)C[C@@H]12. The molecule has 0 radical (unpaired) electrons. The van der Waals surface area contributed by atoms with E-state index < -0.39 is 29.7 Å². The fourth-order valence-corrected chi connectivity index (χ4v) is 7.96. The van der Waals surface area contributed by atoms with E-state index in [-0.39, 0.29) is 42.7 Å². The molecule has 2 fully saturated rings. The molecule has 1 saturated heterocycles. The van der Waals surface area contributed by atoms with Crippen molar-refractivity contribution in [3.63, 3.8) is 0 Å². The fraction of sp³-hybridized carbons (Fsp3) is 0.730. The van der Waals surface area contributed by atoms with Crippen LogP contribution in [-0.2, 0) is 16.0 Å². The highest BCUT2D eigenvalue weighted by atomic mass is 16.5. The first kappa shape index (κ1) is 35.3. The summed E-state index contributed by atoms with van der Waals surface area (Å²) >= 11 is 0. The summed E-state index contributed by atoms with van der Waals surface area (Å²) < 4.78 is 12.3. The number of carbonyl (C=O) groups is 1. The maximum absolute atomic E-state index is 12.4. The lowest BCUT2D eigenvalue weighted by Gasteiger charge is -2.36. The molecule has 0 aromatic heterocycles. The molecule has 5 rings (SSSR count). The van der Waals surface area contributed by atoms with Gasteiger partial charge in [0.1, 0.15) is 12.2 Å². The maximum atomic E-state index is 12.4. The van der Waals surface area contributed by atoms with Gasteiger partial charge >= 0.3 is 5.97 Å². The van der Waals surface area contributed by atoms with Gasteiger partial charge in [0.25, 0.3) is 0 Å². The highest BCUT2D eigenvalue weighted by Gasteiger charge is 2.39. The summed E-state index contributed by atoms with van der Waals surface area (Å²) in [7, 11) is 0. The number of rotatable bonds is 5. The number of benzene rings is 1. The quantitative estimate of drug-likeness (QED) is 0.120. The highest BCUT2D eigenvalue weighted by Crippen LogP contribution is 2.38. The Bertz CT molecular complexity index is 1290. The van der Waals surface area contributed by atoms with Gasteiger partial charge in [-0.15, -0.1) is 0 Å². The minimum absolute atomic E-state index is 0.0137. The summed E-state index contributed by atoms with van der Waals surface area (Å²) in [5, 5.41) is 40.3. The molecule has 10 nitrogen and oxygen atoms in total. The van der Waals surface area contributed by atoms with Crippen LogP contribution in [0.3, 0.4) is 0 Å². The summed E-state index contributed by atoms with van der Waals surface area (Å²) in [5.74, 6) is 7.24. The monoisotopic (exact) mass is 652 g/mol. The number of nitrogens with two attached hydrogens (primary N) is 1. The zero-order chi connectivity index (χ0) is 33.4.